The van der Waals surface area contributed by atoms with Crippen LogP contribution in [0.2, 0.25) is 5.02 Å². The van der Waals surface area contributed by atoms with Crippen LogP contribution >= 0.6 is 23.4 Å². The van der Waals surface area contributed by atoms with Crippen molar-refractivity contribution in [3.8, 4) is 0 Å². The Balaban J connectivity index is 1.98. The maximum atomic E-state index is 11.9. The van der Waals surface area contributed by atoms with Gasteiger partial charge in [0.25, 0.3) is 0 Å². The molecule has 6 heteroatoms. The van der Waals surface area contributed by atoms with Crippen molar-refractivity contribution < 1.29 is 9.53 Å². The van der Waals surface area contributed by atoms with Gasteiger partial charge in [0.15, 0.2) is 0 Å². The number of ether oxygens (including phenoxy) is 1. The summed E-state index contributed by atoms with van der Waals surface area (Å²) in [4.78, 5) is 13.2. The fourth-order valence-electron chi connectivity index (χ4n) is 2.94. The second-order valence-corrected chi connectivity index (χ2v) is 8.98. The Morgan fingerprint density at radius 2 is 2.20 bits per heavy atom. The van der Waals surface area contributed by atoms with E-state index >= 15 is 0 Å². The Kier molecular flexibility index (Phi) is 7.47. The highest BCUT2D eigenvalue weighted by molar-refractivity contribution is 7.99. The number of carbonyl (C=O) groups is 1. The molecule has 1 aromatic rings. The van der Waals surface area contributed by atoms with Crippen molar-refractivity contribution in [3.63, 3.8) is 0 Å². The van der Waals surface area contributed by atoms with Gasteiger partial charge in [-0.15, -0.1) is 11.8 Å². The van der Waals surface area contributed by atoms with Crippen molar-refractivity contribution >= 4 is 29.5 Å². The van der Waals surface area contributed by atoms with Gasteiger partial charge < -0.3 is 15.4 Å². The molecule has 0 fully saturated rings. The molecule has 1 aromatic carbocycles. The van der Waals surface area contributed by atoms with Crippen LogP contribution in [0, 0.1) is 0 Å². The molecule has 0 saturated carbocycles. The van der Waals surface area contributed by atoms with Crippen LogP contribution in [0.3, 0.4) is 0 Å². The maximum absolute atomic E-state index is 11.9. The zero-order valence-corrected chi connectivity index (χ0v) is 17.1. The van der Waals surface area contributed by atoms with Gasteiger partial charge in [0.05, 0.1) is 0 Å². The van der Waals surface area contributed by atoms with E-state index in [0.717, 1.165) is 30.0 Å². The Hall–Kier alpha value is -0.910. The van der Waals surface area contributed by atoms with Gasteiger partial charge in [-0.3, -0.25) is 0 Å². The van der Waals surface area contributed by atoms with Gasteiger partial charge in [0.1, 0.15) is 5.60 Å². The maximum Gasteiger partial charge on any atom is 0.407 e. The molecule has 0 spiro atoms. The van der Waals surface area contributed by atoms with E-state index in [0.29, 0.717) is 6.54 Å². The number of hydrogen-bond acceptors (Lipinski definition) is 4. The molecular weight excluding hydrogens is 356 g/mol. The minimum absolute atomic E-state index is 0.206. The molecule has 0 saturated heterocycles. The summed E-state index contributed by atoms with van der Waals surface area (Å²) in [5.41, 5.74) is 0.788. The lowest BCUT2D eigenvalue weighted by Crippen LogP contribution is -2.44. The van der Waals surface area contributed by atoms with E-state index in [1.807, 2.05) is 38.6 Å². The molecule has 140 valence electrons. The number of fused-ring (bicyclic) bond motifs is 1. The Morgan fingerprint density at radius 3 is 2.88 bits per heavy atom. The summed E-state index contributed by atoms with van der Waals surface area (Å²) in [5.74, 6) is 1.09. The molecule has 0 radical (unpaired) electrons. The van der Waals surface area contributed by atoms with Crippen molar-refractivity contribution in [3.05, 3.63) is 28.8 Å². The summed E-state index contributed by atoms with van der Waals surface area (Å²) in [6.07, 6.45) is 2.75. The third-order valence-corrected chi connectivity index (χ3v) is 5.33. The number of halogens is 1. The van der Waals surface area contributed by atoms with Crippen LogP contribution in [0.5, 0.6) is 0 Å². The third kappa shape index (κ3) is 6.72. The number of hydrogen-bond donors (Lipinski definition) is 2. The molecule has 1 amide bonds. The molecule has 2 atom stereocenters. The van der Waals surface area contributed by atoms with Gasteiger partial charge in [0.2, 0.25) is 0 Å². The molecule has 2 unspecified atom stereocenters. The number of benzene rings is 1. The average molecular weight is 385 g/mol. The summed E-state index contributed by atoms with van der Waals surface area (Å²) in [6.45, 7) is 8.32. The van der Waals surface area contributed by atoms with Crippen LogP contribution in [0.1, 0.15) is 58.6 Å². The predicted molar refractivity (Wildman–Crippen MR) is 106 cm³/mol. The van der Waals surface area contributed by atoms with Gasteiger partial charge in [0, 0.05) is 28.5 Å². The van der Waals surface area contributed by atoms with Crippen LogP contribution in [-0.2, 0) is 4.74 Å². The lowest BCUT2D eigenvalue weighted by atomic mass is 10.0. The van der Waals surface area contributed by atoms with Crippen molar-refractivity contribution in [2.24, 2.45) is 0 Å². The van der Waals surface area contributed by atoms with E-state index in [1.54, 1.807) is 0 Å². The highest BCUT2D eigenvalue weighted by atomic mass is 35.5. The van der Waals surface area contributed by atoms with E-state index in [2.05, 4.69) is 29.7 Å². The van der Waals surface area contributed by atoms with Gasteiger partial charge >= 0.3 is 6.09 Å². The number of rotatable bonds is 6. The Bertz CT molecular complexity index is 589. The second kappa shape index (κ2) is 9.15. The lowest BCUT2D eigenvalue weighted by molar-refractivity contribution is 0.0520. The van der Waals surface area contributed by atoms with Gasteiger partial charge in [-0.1, -0.05) is 24.9 Å². The van der Waals surface area contributed by atoms with E-state index in [-0.39, 0.29) is 18.2 Å². The Morgan fingerprint density at radius 1 is 1.44 bits per heavy atom. The SMILES string of the molecule is CCCC(CNC(=O)OC(C)(C)C)NC1CCSc2ccc(Cl)cc21. The molecule has 0 aromatic heterocycles. The van der Waals surface area contributed by atoms with E-state index < -0.39 is 5.60 Å². The monoisotopic (exact) mass is 384 g/mol. The average Bonchev–Trinajstić information content (AvgIpc) is 2.51. The number of carbonyl (C=O) groups excluding carboxylic acids is 1. The molecule has 4 nitrogen and oxygen atoms in total. The van der Waals surface area contributed by atoms with Crippen molar-refractivity contribution in [2.75, 3.05) is 12.3 Å². The van der Waals surface area contributed by atoms with Crippen molar-refractivity contribution in [1.82, 2.24) is 10.6 Å². The van der Waals surface area contributed by atoms with Crippen molar-refractivity contribution in [1.29, 1.82) is 0 Å². The van der Waals surface area contributed by atoms with E-state index in [9.17, 15) is 4.79 Å². The van der Waals surface area contributed by atoms with E-state index in [1.165, 1.54) is 10.5 Å². The van der Waals surface area contributed by atoms with Crippen molar-refractivity contribution in [2.45, 2.75) is 69.5 Å². The first-order valence-corrected chi connectivity index (χ1v) is 10.3. The largest absolute Gasteiger partial charge is 0.444 e. The summed E-state index contributed by atoms with van der Waals surface area (Å²) < 4.78 is 5.33. The second-order valence-electron chi connectivity index (χ2n) is 7.41. The molecule has 1 aliphatic rings. The van der Waals surface area contributed by atoms with E-state index in [4.69, 9.17) is 16.3 Å². The summed E-state index contributed by atoms with van der Waals surface area (Å²) in [7, 11) is 0. The van der Waals surface area contributed by atoms with Crippen LogP contribution in [0.4, 0.5) is 4.79 Å². The predicted octanol–water partition coefficient (Wildman–Crippen LogP) is 5.16. The summed E-state index contributed by atoms with van der Waals surface area (Å²) in [5, 5.41) is 7.38. The zero-order valence-electron chi connectivity index (χ0n) is 15.5. The first kappa shape index (κ1) is 20.4. The van der Waals surface area contributed by atoms with Crippen LogP contribution in [0.25, 0.3) is 0 Å². The zero-order chi connectivity index (χ0) is 18.4. The number of alkyl carbamates (subject to hydrolysis) is 1. The minimum Gasteiger partial charge on any atom is -0.444 e. The highest BCUT2D eigenvalue weighted by Crippen LogP contribution is 2.37. The van der Waals surface area contributed by atoms with Crippen LogP contribution < -0.4 is 10.6 Å². The van der Waals surface area contributed by atoms with Gasteiger partial charge in [-0.2, -0.15) is 0 Å². The number of thioether (sulfide) groups is 1. The van der Waals surface area contributed by atoms with Gasteiger partial charge in [-0.05, 0) is 63.1 Å². The molecule has 1 aliphatic heterocycles. The molecule has 2 N–H and O–H groups in total. The molecule has 0 aliphatic carbocycles. The number of amides is 1. The van der Waals surface area contributed by atoms with Gasteiger partial charge in [-0.25, -0.2) is 4.79 Å². The van der Waals surface area contributed by atoms with Crippen LogP contribution in [0.15, 0.2) is 23.1 Å². The normalized spacial score (nSPS) is 18.4. The standard InChI is InChI=1S/C19H29ClN2O2S/c1-5-6-14(12-21-18(23)24-19(2,3)4)22-16-9-10-25-17-8-7-13(20)11-15(16)17/h7-8,11,14,16,22H,5-6,9-10,12H2,1-4H3,(H,21,23). The smallest absolute Gasteiger partial charge is 0.407 e. The molecule has 25 heavy (non-hydrogen) atoms. The minimum atomic E-state index is -0.478. The summed E-state index contributed by atoms with van der Waals surface area (Å²) in [6, 6.07) is 6.59. The summed E-state index contributed by atoms with van der Waals surface area (Å²) >= 11 is 8.07. The topological polar surface area (TPSA) is 50.4 Å². The number of nitrogens with one attached hydrogen (secondary N) is 2. The fraction of sp³-hybridized carbons (Fsp3) is 0.632. The highest BCUT2D eigenvalue weighted by Gasteiger charge is 2.24. The molecular formula is C19H29ClN2O2S. The first-order valence-electron chi connectivity index (χ1n) is 8.93. The molecule has 0 bridgehead atoms. The Labute approximate surface area is 160 Å². The quantitative estimate of drug-likeness (QED) is 0.711. The fourth-order valence-corrected chi connectivity index (χ4v) is 4.22. The lowest BCUT2D eigenvalue weighted by Gasteiger charge is -2.31. The first-order chi connectivity index (χ1) is 11.8. The molecule has 2 rings (SSSR count). The third-order valence-electron chi connectivity index (χ3n) is 3.98. The van der Waals surface area contributed by atoms with Crippen LogP contribution in [-0.4, -0.2) is 30.0 Å². The molecule has 1 heterocycles.